The zero-order chi connectivity index (χ0) is 22.1. The summed E-state index contributed by atoms with van der Waals surface area (Å²) in [5.41, 5.74) is 3.56. The highest BCUT2D eigenvalue weighted by atomic mass is 16.1. The van der Waals surface area contributed by atoms with Crippen molar-refractivity contribution in [2.24, 2.45) is 7.05 Å². The topological polar surface area (TPSA) is 79.2 Å². The van der Waals surface area contributed by atoms with Crippen LogP contribution in [0.1, 0.15) is 10.4 Å². The van der Waals surface area contributed by atoms with E-state index < -0.39 is 0 Å². The van der Waals surface area contributed by atoms with Crippen molar-refractivity contribution in [2.75, 3.05) is 43.4 Å². The Bertz CT molecular complexity index is 1270. The fourth-order valence-electron chi connectivity index (χ4n) is 4.07. The first-order valence-electron chi connectivity index (χ1n) is 10.6. The number of pyridine rings is 2. The minimum atomic E-state index is -0.184. The van der Waals surface area contributed by atoms with Gasteiger partial charge in [0.2, 0.25) is 0 Å². The largest absolute Gasteiger partial charge is 0.367 e. The lowest BCUT2D eigenvalue weighted by Crippen LogP contribution is -2.45. The number of carbonyl (C=O) groups is 1. The molecule has 1 aliphatic heterocycles. The number of carbonyl (C=O) groups excluding carboxylic acids is 1. The average molecular weight is 428 g/mol. The maximum absolute atomic E-state index is 13.1. The van der Waals surface area contributed by atoms with Gasteiger partial charge in [-0.1, -0.05) is 12.1 Å². The first-order valence-corrected chi connectivity index (χ1v) is 10.6. The lowest BCUT2D eigenvalue weighted by Gasteiger charge is -2.34. The van der Waals surface area contributed by atoms with Crippen LogP contribution >= 0.6 is 0 Å². The Balaban J connectivity index is 1.41. The molecule has 4 heterocycles. The molecule has 162 valence electrons. The highest BCUT2D eigenvalue weighted by Gasteiger charge is 2.20. The molecule has 8 heteroatoms. The molecule has 0 aliphatic carbocycles. The second kappa shape index (κ2) is 8.39. The molecule has 1 fully saturated rings. The highest BCUT2D eigenvalue weighted by molar-refractivity contribution is 6.08. The summed E-state index contributed by atoms with van der Waals surface area (Å²) in [5, 5.41) is 4.98. The molecule has 1 aromatic carbocycles. The van der Waals surface area contributed by atoms with Gasteiger partial charge in [0.1, 0.15) is 5.82 Å². The number of rotatable bonds is 4. The number of fused-ring (bicyclic) bond motifs is 1. The van der Waals surface area contributed by atoms with Gasteiger partial charge < -0.3 is 19.7 Å². The zero-order valence-electron chi connectivity index (χ0n) is 18.2. The summed E-state index contributed by atoms with van der Waals surface area (Å²) in [5.74, 6) is 0.335. The normalized spacial score (nSPS) is 14.6. The third kappa shape index (κ3) is 3.92. The summed E-state index contributed by atoms with van der Waals surface area (Å²) in [6.07, 6.45) is 8.83. The van der Waals surface area contributed by atoms with Crippen LogP contribution in [0.25, 0.3) is 22.0 Å². The van der Waals surface area contributed by atoms with Crippen molar-refractivity contribution in [3.05, 3.63) is 67.0 Å². The van der Waals surface area contributed by atoms with Crippen LogP contribution in [0.2, 0.25) is 0 Å². The maximum Gasteiger partial charge on any atom is 0.259 e. The van der Waals surface area contributed by atoms with E-state index in [-0.39, 0.29) is 5.91 Å². The fraction of sp³-hybridized carbons (Fsp3) is 0.250. The Morgan fingerprint density at radius 2 is 1.78 bits per heavy atom. The maximum atomic E-state index is 13.1. The van der Waals surface area contributed by atoms with Gasteiger partial charge in [-0.05, 0) is 30.6 Å². The van der Waals surface area contributed by atoms with E-state index in [1.54, 1.807) is 31.0 Å². The van der Waals surface area contributed by atoms with Crippen LogP contribution in [0.15, 0.2) is 61.4 Å². The number of aryl methyl sites for hydroxylation is 1. The predicted octanol–water partition coefficient (Wildman–Crippen LogP) is 3.03. The molecule has 0 atom stereocenters. The van der Waals surface area contributed by atoms with Gasteiger partial charge >= 0.3 is 0 Å². The molecule has 0 unspecified atom stereocenters. The number of hydrogen-bond donors (Lipinski definition) is 1. The highest BCUT2D eigenvalue weighted by Crippen LogP contribution is 2.26. The summed E-state index contributed by atoms with van der Waals surface area (Å²) in [4.78, 5) is 30.6. The van der Waals surface area contributed by atoms with Gasteiger partial charge in [-0.25, -0.2) is 9.97 Å². The molecular weight excluding hydrogens is 402 g/mol. The molecule has 5 rings (SSSR count). The number of benzene rings is 1. The minimum Gasteiger partial charge on any atom is -0.367 e. The van der Waals surface area contributed by atoms with Crippen LogP contribution in [-0.4, -0.2) is 63.6 Å². The lowest BCUT2D eigenvalue weighted by molar-refractivity contribution is 0.102. The van der Waals surface area contributed by atoms with Crippen molar-refractivity contribution in [1.82, 2.24) is 24.4 Å². The van der Waals surface area contributed by atoms with Crippen molar-refractivity contribution < 1.29 is 4.79 Å². The molecule has 0 saturated carbocycles. The number of amides is 1. The third-order valence-electron chi connectivity index (χ3n) is 5.96. The lowest BCUT2D eigenvalue weighted by atomic mass is 10.1. The van der Waals surface area contributed by atoms with Gasteiger partial charge in [0.05, 0.1) is 35.7 Å². The van der Waals surface area contributed by atoms with E-state index in [9.17, 15) is 4.79 Å². The van der Waals surface area contributed by atoms with E-state index in [1.807, 2.05) is 29.9 Å². The first-order chi connectivity index (χ1) is 15.6. The fourth-order valence-corrected chi connectivity index (χ4v) is 4.07. The van der Waals surface area contributed by atoms with Gasteiger partial charge in [0.25, 0.3) is 5.91 Å². The number of imidazole rings is 1. The van der Waals surface area contributed by atoms with Crippen molar-refractivity contribution in [3.63, 3.8) is 0 Å². The van der Waals surface area contributed by atoms with Crippen molar-refractivity contribution >= 4 is 28.2 Å². The number of aromatic nitrogens is 4. The molecule has 1 amide bonds. The van der Waals surface area contributed by atoms with E-state index in [1.165, 1.54) is 0 Å². The summed E-state index contributed by atoms with van der Waals surface area (Å²) < 4.78 is 1.98. The van der Waals surface area contributed by atoms with Crippen LogP contribution in [0, 0.1) is 0 Å². The second-order valence-corrected chi connectivity index (χ2v) is 8.16. The molecule has 0 bridgehead atoms. The molecule has 1 aliphatic rings. The van der Waals surface area contributed by atoms with Crippen LogP contribution < -0.4 is 10.2 Å². The molecular formula is C24H25N7O. The van der Waals surface area contributed by atoms with Gasteiger partial charge in [0.15, 0.2) is 0 Å². The van der Waals surface area contributed by atoms with Crippen LogP contribution in [-0.2, 0) is 7.05 Å². The van der Waals surface area contributed by atoms with Crippen molar-refractivity contribution in [2.45, 2.75) is 0 Å². The Morgan fingerprint density at radius 1 is 0.938 bits per heavy atom. The number of piperazine rings is 1. The number of likely N-dealkylation sites (N-methyl/N-ethyl adjacent to an activating group) is 1. The Hall–Kier alpha value is -3.78. The second-order valence-electron chi connectivity index (χ2n) is 8.16. The molecule has 0 spiro atoms. The van der Waals surface area contributed by atoms with E-state index in [0.29, 0.717) is 11.4 Å². The standard InChI is InChI=1S/C24H25N7O/c1-29-7-9-31(10-8-29)22-15-25-6-5-20(22)24(32)28-23-12-19-11-17(3-4-18(19)13-27-23)21-14-26-16-30(21)2/h3-6,11-16H,7-10H2,1-2H3,(H,27,28,32). The Kier molecular flexibility index (Phi) is 5.28. The zero-order valence-corrected chi connectivity index (χ0v) is 18.2. The predicted molar refractivity (Wildman–Crippen MR) is 126 cm³/mol. The summed E-state index contributed by atoms with van der Waals surface area (Å²) in [6, 6.07) is 9.85. The van der Waals surface area contributed by atoms with Gasteiger partial charge in [-0.2, -0.15) is 0 Å². The van der Waals surface area contributed by atoms with Crippen LogP contribution in [0.5, 0.6) is 0 Å². The van der Waals surface area contributed by atoms with E-state index in [2.05, 4.69) is 49.2 Å². The number of anilines is 2. The molecule has 32 heavy (non-hydrogen) atoms. The minimum absolute atomic E-state index is 0.184. The molecule has 1 saturated heterocycles. The summed E-state index contributed by atoms with van der Waals surface area (Å²) in [7, 11) is 4.08. The average Bonchev–Trinajstić information content (AvgIpc) is 3.25. The van der Waals surface area contributed by atoms with E-state index >= 15 is 0 Å². The monoisotopic (exact) mass is 427 g/mol. The third-order valence-corrected chi connectivity index (χ3v) is 5.96. The number of nitrogens with one attached hydrogen (secondary N) is 1. The number of hydrogen-bond acceptors (Lipinski definition) is 6. The summed E-state index contributed by atoms with van der Waals surface area (Å²) in [6.45, 7) is 3.66. The molecule has 3 aromatic heterocycles. The first kappa shape index (κ1) is 20.1. The SMILES string of the molecule is CN1CCN(c2cnccc2C(=O)Nc2cc3cc(-c4cncn4C)ccc3cn2)CC1. The van der Waals surface area contributed by atoms with Crippen LogP contribution in [0.4, 0.5) is 11.5 Å². The van der Waals surface area contributed by atoms with Crippen molar-refractivity contribution in [1.29, 1.82) is 0 Å². The Labute approximate surface area is 186 Å². The molecule has 8 nitrogen and oxygen atoms in total. The van der Waals surface area contributed by atoms with Gasteiger partial charge in [-0.3, -0.25) is 9.78 Å². The Morgan fingerprint density at radius 3 is 2.56 bits per heavy atom. The van der Waals surface area contributed by atoms with E-state index in [4.69, 9.17) is 0 Å². The van der Waals surface area contributed by atoms with E-state index in [0.717, 1.165) is 53.9 Å². The van der Waals surface area contributed by atoms with Gasteiger partial charge in [0, 0.05) is 56.6 Å². The smallest absolute Gasteiger partial charge is 0.259 e. The summed E-state index contributed by atoms with van der Waals surface area (Å²) >= 11 is 0. The number of nitrogens with zero attached hydrogens (tertiary/aromatic N) is 6. The molecule has 1 N–H and O–H groups in total. The quantitative estimate of drug-likeness (QED) is 0.539. The van der Waals surface area contributed by atoms with Crippen molar-refractivity contribution in [3.8, 4) is 11.3 Å². The van der Waals surface area contributed by atoms with Gasteiger partial charge in [-0.15, -0.1) is 0 Å². The molecule has 0 radical (unpaired) electrons. The molecule has 4 aromatic rings. The van der Waals surface area contributed by atoms with Crippen LogP contribution in [0.3, 0.4) is 0 Å².